The molecular weight excluding hydrogens is 198 g/mol. The van der Waals surface area contributed by atoms with Crippen LogP contribution in [0.1, 0.15) is 44.7 Å². The maximum atomic E-state index is 4.27. The average Bonchev–Trinajstić information content (AvgIpc) is 2.62. The number of nitrogens with one attached hydrogen (secondary N) is 1. The molecule has 0 amide bonds. The SMILES string of the molecule is Cc1c(NC(C)C2CCCCC2)cnn1C. The Morgan fingerprint density at radius 2 is 2.06 bits per heavy atom. The molecule has 3 heteroatoms. The maximum Gasteiger partial charge on any atom is 0.0758 e. The Bertz CT molecular complexity index is 337. The summed E-state index contributed by atoms with van der Waals surface area (Å²) in [7, 11) is 1.99. The summed E-state index contributed by atoms with van der Waals surface area (Å²) in [6.45, 7) is 4.42. The van der Waals surface area contributed by atoms with E-state index in [1.807, 2.05) is 17.9 Å². The van der Waals surface area contributed by atoms with Gasteiger partial charge in [-0.25, -0.2) is 0 Å². The number of aryl methyl sites for hydroxylation is 1. The van der Waals surface area contributed by atoms with Gasteiger partial charge < -0.3 is 5.32 Å². The van der Waals surface area contributed by atoms with Gasteiger partial charge in [0.2, 0.25) is 0 Å². The highest BCUT2D eigenvalue weighted by molar-refractivity contribution is 5.46. The van der Waals surface area contributed by atoms with E-state index in [0.29, 0.717) is 6.04 Å². The lowest BCUT2D eigenvalue weighted by Crippen LogP contribution is -2.27. The first-order chi connectivity index (χ1) is 7.68. The van der Waals surface area contributed by atoms with Crippen LogP contribution >= 0.6 is 0 Å². The molecule has 0 aromatic carbocycles. The van der Waals surface area contributed by atoms with Gasteiger partial charge in [-0.3, -0.25) is 4.68 Å². The molecule has 0 saturated heterocycles. The second-order valence-corrected chi connectivity index (χ2v) is 5.10. The fourth-order valence-corrected chi connectivity index (χ4v) is 2.64. The van der Waals surface area contributed by atoms with Crippen molar-refractivity contribution >= 4 is 5.69 Å². The second-order valence-electron chi connectivity index (χ2n) is 5.10. The fraction of sp³-hybridized carbons (Fsp3) is 0.769. The number of rotatable bonds is 3. The van der Waals surface area contributed by atoms with Crippen molar-refractivity contribution in [2.75, 3.05) is 5.32 Å². The summed E-state index contributed by atoms with van der Waals surface area (Å²) in [6.07, 6.45) is 8.94. The summed E-state index contributed by atoms with van der Waals surface area (Å²) in [5.74, 6) is 0.841. The Hall–Kier alpha value is -0.990. The number of hydrogen-bond acceptors (Lipinski definition) is 2. The van der Waals surface area contributed by atoms with E-state index in [0.717, 1.165) is 5.92 Å². The van der Waals surface area contributed by atoms with Crippen LogP contribution in [0.2, 0.25) is 0 Å². The lowest BCUT2D eigenvalue weighted by Gasteiger charge is -2.28. The molecule has 1 fully saturated rings. The minimum absolute atomic E-state index is 0.572. The van der Waals surface area contributed by atoms with Crippen molar-refractivity contribution < 1.29 is 0 Å². The smallest absolute Gasteiger partial charge is 0.0758 e. The van der Waals surface area contributed by atoms with Crippen molar-refractivity contribution in [2.45, 2.75) is 52.0 Å². The van der Waals surface area contributed by atoms with Gasteiger partial charge in [0.1, 0.15) is 0 Å². The Kier molecular flexibility index (Phi) is 3.52. The summed E-state index contributed by atoms with van der Waals surface area (Å²) >= 11 is 0. The van der Waals surface area contributed by atoms with Crippen molar-refractivity contribution in [3.05, 3.63) is 11.9 Å². The molecule has 0 radical (unpaired) electrons. The zero-order valence-electron chi connectivity index (χ0n) is 10.7. The first kappa shape index (κ1) is 11.5. The van der Waals surface area contributed by atoms with Crippen molar-refractivity contribution in [1.82, 2.24) is 9.78 Å². The molecule has 16 heavy (non-hydrogen) atoms. The van der Waals surface area contributed by atoms with Gasteiger partial charge >= 0.3 is 0 Å². The van der Waals surface area contributed by atoms with Gasteiger partial charge in [-0.15, -0.1) is 0 Å². The molecule has 2 rings (SSSR count). The van der Waals surface area contributed by atoms with Gasteiger partial charge in [0.05, 0.1) is 17.6 Å². The molecule has 1 N–H and O–H groups in total. The summed E-state index contributed by atoms with van der Waals surface area (Å²) in [5, 5.41) is 7.89. The number of nitrogens with zero attached hydrogens (tertiary/aromatic N) is 2. The Labute approximate surface area is 98.2 Å². The third-order valence-corrected chi connectivity index (χ3v) is 3.98. The largest absolute Gasteiger partial charge is 0.380 e. The molecule has 3 nitrogen and oxygen atoms in total. The van der Waals surface area contributed by atoms with Crippen molar-refractivity contribution in [1.29, 1.82) is 0 Å². The van der Waals surface area contributed by atoms with E-state index in [1.165, 1.54) is 43.5 Å². The van der Waals surface area contributed by atoms with Crippen LogP contribution in [-0.4, -0.2) is 15.8 Å². The Morgan fingerprint density at radius 3 is 2.62 bits per heavy atom. The summed E-state index contributed by atoms with van der Waals surface area (Å²) < 4.78 is 1.93. The van der Waals surface area contributed by atoms with Gasteiger partial charge in [0, 0.05) is 13.1 Å². The zero-order chi connectivity index (χ0) is 11.5. The molecule has 0 aliphatic heterocycles. The highest BCUT2D eigenvalue weighted by atomic mass is 15.3. The lowest BCUT2D eigenvalue weighted by molar-refractivity contribution is 0.328. The Balaban J connectivity index is 1.95. The van der Waals surface area contributed by atoms with Crippen molar-refractivity contribution in [2.24, 2.45) is 13.0 Å². The van der Waals surface area contributed by atoms with Crippen molar-refractivity contribution in [3.63, 3.8) is 0 Å². The zero-order valence-corrected chi connectivity index (χ0v) is 10.7. The number of aromatic nitrogens is 2. The van der Waals surface area contributed by atoms with Gasteiger partial charge in [-0.1, -0.05) is 19.3 Å². The van der Waals surface area contributed by atoms with Crippen LogP contribution in [-0.2, 0) is 7.05 Å². The minimum Gasteiger partial charge on any atom is -0.380 e. The lowest BCUT2D eigenvalue weighted by atomic mass is 9.84. The highest BCUT2D eigenvalue weighted by Gasteiger charge is 2.20. The van der Waals surface area contributed by atoms with E-state index in [4.69, 9.17) is 0 Å². The third-order valence-electron chi connectivity index (χ3n) is 3.98. The van der Waals surface area contributed by atoms with Gasteiger partial charge in [-0.2, -0.15) is 5.10 Å². The number of hydrogen-bond donors (Lipinski definition) is 1. The van der Waals surface area contributed by atoms with E-state index in [2.05, 4.69) is 24.3 Å². The molecule has 1 aliphatic rings. The summed E-state index contributed by atoms with van der Waals surface area (Å²) in [6, 6.07) is 0.572. The summed E-state index contributed by atoms with van der Waals surface area (Å²) in [5.41, 5.74) is 2.42. The molecule has 1 aromatic rings. The Morgan fingerprint density at radius 1 is 1.38 bits per heavy atom. The van der Waals surface area contributed by atoms with Crippen LogP contribution in [0.3, 0.4) is 0 Å². The molecule has 1 saturated carbocycles. The van der Waals surface area contributed by atoms with Gasteiger partial charge in [0.25, 0.3) is 0 Å². The van der Waals surface area contributed by atoms with Crippen LogP contribution in [0.4, 0.5) is 5.69 Å². The quantitative estimate of drug-likeness (QED) is 0.850. The van der Waals surface area contributed by atoms with Crippen LogP contribution in [0.15, 0.2) is 6.20 Å². The molecule has 1 heterocycles. The molecule has 0 bridgehead atoms. The summed E-state index contributed by atoms with van der Waals surface area (Å²) in [4.78, 5) is 0. The third kappa shape index (κ3) is 2.39. The molecule has 0 spiro atoms. The predicted octanol–water partition coefficient (Wildman–Crippen LogP) is 3.11. The highest BCUT2D eigenvalue weighted by Crippen LogP contribution is 2.28. The number of anilines is 1. The normalized spacial score (nSPS) is 19.7. The molecule has 1 aromatic heterocycles. The van der Waals surface area contributed by atoms with E-state index in [-0.39, 0.29) is 0 Å². The molecule has 1 atom stereocenters. The van der Waals surface area contributed by atoms with Crippen LogP contribution in [0.5, 0.6) is 0 Å². The second kappa shape index (κ2) is 4.89. The van der Waals surface area contributed by atoms with Crippen LogP contribution in [0.25, 0.3) is 0 Å². The van der Waals surface area contributed by atoms with Gasteiger partial charge in [0.15, 0.2) is 0 Å². The first-order valence-corrected chi connectivity index (χ1v) is 6.43. The maximum absolute atomic E-state index is 4.27. The van der Waals surface area contributed by atoms with E-state index in [9.17, 15) is 0 Å². The molecule has 1 unspecified atom stereocenters. The van der Waals surface area contributed by atoms with Crippen molar-refractivity contribution in [3.8, 4) is 0 Å². The topological polar surface area (TPSA) is 29.9 Å². The van der Waals surface area contributed by atoms with E-state index in [1.54, 1.807) is 0 Å². The predicted molar refractivity (Wildman–Crippen MR) is 67.6 cm³/mol. The van der Waals surface area contributed by atoms with Gasteiger partial charge in [-0.05, 0) is 32.6 Å². The molecule has 1 aliphatic carbocycles. The van der Waals surface area contributed by atoms with Crippen LogP contribution in [0, 0.1) is 12.8 Å². The van der Waals surface area contributed by atoms with Crippen LogP contribution < -0.4 is 5.32 Å². The monoisotopic (exact) mass is 221 g/mol. The van der Waals surface area contributed by atoms with E-state index < -0.39 is 0 Å². The average molecular weight is 221 g/mol. The minimum atomic E-state index is 0.572. The fourth-order valence-electron chi connectivity index (χ4n) is 2.64. The van der Waals surface area contributed by atoms with E-state index >= 15 is 0 Å². The molecular formula is C13H23N3. The molecule has 90 valence electrons. The standard InChI is InChI=1S/C13H23N3/c1-10(12-7-5-4-6-8-12)15-13-9-14-16(3)11(13)2/h9-10,12,15H,4-8H2,1-3H3. The first-order valence-electron chi connectivity index (χ1n) is 6.43.